The molecule has 0 atom stereocenters. The highest BCUT2D eigenvalue weighted by Gasteiger charge is 2.18. The molecule has 0 radical (unpaired) electrons. The Labute approximate surface area is 125 Å². The molecule has 98 valence electrons. The van der Waals surface area contributed by atoms with Gasteiger partial charge in [-0.1, -0.05) is 11.6 Å². The quantitative estimate of drug-likeness (QED) is 0.760. The molecule has 19 heavy (non-hydrogen) atoms. The van der Waals surface area contributed by atoms with Crippen LogP contribution >= 0.6 is 34.2 Å². The summed E-state index contributed by atoms with van der Waals surface area (Å²) in [7, 11) is 0. The minimum atomic E-state index is -1.29. The maximum Gasteiger partial charge on any atom is 0.358 e. The van der Waals surface area contributed by atoms with E-state index in [0.29, 0.717) is 10.7 Å². The van der Waals surface area contributed by atoms with Crippen molar-refractivity contribution in [1.82, 2.24) is 9.78 Å². The fraction of sp³-hybridized carbons (Fsp3) is 0. The van der Waals surface area contributed by atoms with Crippen LogP contribution in [0.3, 0.4) is 0 Å². The average Bonchev–Trinajstić information content (AvgIpc) is 2.37. The van der Waals surface area contributed by atoms with Crippen LogP contribution in [-0.2, 0) is 0 Å². The lowest BCUT2D eigenvalue weighted by molar-refractivity contribution is 0.0689. The predicted molar refractivity (Wildman–Crippen MR) is 78.9 cm³/mol. The number of aromatic nitrogens is 2. The van der Waals surface area contributed by atoms with Crippen molar-refractivity contribution in [2.24, 2.45) is 0 Å². The molecule has 8 heteroatoms. The molecular weight excluding hydrogens is 384 g/mol. The van der Waals surface area contributed by atoms with Crippen LogP contribution in [0.4, 0.5) is 5.69 Å². The summed E-state index contributed by atoms with van der Waals surface area (Å²) < 4.78 is 1.10. The van der Waals surface area contributed by atoms with Gasteiger partial charge in [-0.25, -0.2) is 4.79 Å². The number of carboxylic acid groups (broad SMARTS) is 1. The molecule has 6 nitrogen and oxygen atoms in total. The van der Waals surface area contributed by atoms with Crippen LogP contribution < -0.4 is 11.3 Å². The van der Waals surface area contributed by atoms with Crippen molar-refractivity contribution in [3.05, 3.63) is 48.9 Å². The van der Waals surface area contributed by atoms with Crippen molar-refractivity contribution < 1.29 is 9.90 Å². The number of carbonyl (C=O) groups is 1. The van der Waals surface area contributed by atoms with E-state index in [-0.39, 0.29) is 15.0 Å². The average molecular weight is 392 g/mol. The molecule has 0 aliphatic heterocycles. The van der Waals surface area contributed by atoms with Gasteiger partial charge < -0.3 is 10.8 Å². The molecular formula is C11H7ClIN3O3. The molecule has 2 rings (SSSR count). The number of hydrogen-bond acceptors (Lipinski definition) is 4. The predicted octanol–water partition coefficient (Wildman–Crippen LogP) is 1.77. The van der Waals surface area contributed by atoms with E-state index in [9.17, 15) is 9.59 Å². The number of aromatic carboxylic acids is 1. The summed E-state index contributed by atoms with van der Waals surface area (Å²) in [5.74, 6) is -1.29. The Morgan fingerprint density at radius 3 is 2.47 bits per heavy atom. The zero-order valence-electron chi connectivity index (χ0n) is 9.30. The third kappa shape index (κ3) is 2.56. The smallest absolute Gasteiger partial charge is 0.358 e. The summed E-state index contributed by atoms with van der Waals surface area (Å²) in [5.41, 5.74) is 5.00. The van der Waals surface area contributed by atoms with Crippen LogP contribution in [0.1, 0.15) is 10.5 Å². The van der Waals surface area contributed by atoms with E-state index in [1.807, 2.05) is 0 Å². The van der Waals surface area contributed by atoms with Crippen LogP contribution in [0.5, 0.6) is 0 Å². The number of nitrogen functional groups attached to an aromatic ring is 1. The lowest BCUT2D eigenvalue weighted by atomic mass is 10.3. The van der Waals surface area contributed by atoms with Crippen LogP contribution in [0.2, 0.25) is 5.02 Å². The summed E-state index contributed by atoms with van der Waals surface area (Å²) in [6.45, 7) is 0. The van der Waals surface area contributed by atoms with Crippen molar-refractivity contribution in [3.8, 4) is 5.69 Å². The van der Waals surface area contributed by atoms with Gasteiger partial charge in [0.2, 0.25) is 0 Å². The summed E-state index contributed by atoms with van der Waals surface area (Å²) in [5, 5.41) is 13.3. The van der Waals surface area contributed by atoms with Crippen LogP contribution in [0.15, 0.2) is 29.1 Å². The van der Waals surface area contributed by atoms with E-state index >= 15 is 0 Å². The molecule has 1 aromatic heterocycles. The second-order valence-electron chi connectivity index (χ2n) is 3.57. The van der Waals surface area contributed by atoms with Gasteiger partial charge in [-0.2, -0.15) is 9.78 Å². The minimum Gasteiger partial charge on any atom is -0.476 e. The Bertz CT molecular complexity index is 712. The number of carboxylic acids is 1. The second-order valence-corrected chi connectivity index (χ2v) is 5.09. The van der Waals surface area contributed by atoms with E-state index < -0.39 is 11.5 Å². The molecule has 0 spiro atoms. The number of nitrogens with two attached hydrogens (primary N) is 1. The third-order valence-corrected chi connectivity index (χ3v) is 3.64. The van der Waals surface area contributed by atoms with Crippen molar-refractivity contribution >= 4 is 45.8 Å². The lowest BCUT2D eigenvalue weighted by Gasteiger charge is -2.09. The fourth-order valence-corrected chi connectivity index (χ4v) is 2.04. The first-order valence-corrected chi connectivity index (χ1v) is 6.45. The topological polar surface area (TPSA) is 98.2 Å². The zero-order chi connectivity index (χ0) is 14.2. The Balaban J connectivity index is 2.74. The highest BCUT2D eigenvalue weighted by molar-refractivity contribution is 14.1. The van der Waals surface area contributed by atoms with E-state index in [2.05, 4.69) is 5.10 Å². The molecule has 1 aromatic carbocycles. The SMILES string of the molecule is Nc1c(C(=O)O)nn(-c2ccc(Cl)cc2)c(=O)c1I. The fourth-order valence-electron chi connectivity index (χ4n) is 1.43. The first kappa shape index (κ1) is 13.8. The minimum absolute atomic E-state index is 0.111. The lowest BCUT2D eigenvalue weighted by Crippen LogP contribution is -2.28. The molecule has 0 unspecified atom stereocenters. The van der Waals surface area contributed by atoms with Gasteiger partial charge in [0.25, 0.3) is 5.56 Å². The zero-order valence-corrected chi connectivity index (χ0v) is 12.2. The van der Waals surface area contributed by atoms with Crippen molar-refractivity contribution in [2.45, 2.75) is 0 Å². The molecule has 0 aliphatic rings. The molecule has 0 bridgehead atoms. The number of nitrogens with zero attached hydrogens (tertiary/aromatic N) is 2. The van der Waals surface area contributed by atoms with Crippen molar-refractivity contribution in [2.75, 3.05) is 5.73 Å². The molecule has 1 heterocycles. The molecule has 0 fully saturated rings. The molecule has 0 aliphatic carbocycles. The first-order chi connectivity index (χ1) is 8.91. The van der Waals surface area contributed by atoms with Crippen molar-refractivity contribution in [3.63, 3.8) is 0 Å². The van der Waals surface area contributed by atoms with E-state index in [1.54, 1.807) is 46.9 Å². The van der Waals surface area contributed by atoms with Gasteiger partial charge in [0.15, 0.2) is 5.69 Å². The summed E-state index contributed by atoms with van der Waals surface area (Å²) >= 11 is 7.45. The number of hydrogen-bond donors (Lipinski definition) is 2. The number of benzene rings is 1. The van der Waals surface area contributed by atoms with Crippen LogP contribution in [-0.4, -0.2) is 20.9 Å². The Morgan fingerprint density at radius 2 is 1.95 bits per heavy atom. The van der Waals surface area contributed by atoms with E-state index in [4.69, 9.17) is 22.4 Å². The third-order valence-electron chi connectivity index (χ3n) is 2.35. The Morgan fingerprint density at radius 1 is 1.37 bits per heavy atom. The van der Waals surface area contributed by atoms with Gasteiger partial charge in [-0.3, -0.25) is 4.79 Å². The number of anilines is 1. The Kier molecular flexibility index (Phi) is 3.76. The highest BCUT2D eigenvalue weighted by Crippen LogP contribution is 2.16. The van der Waals surface area contributed by atoms with Crippen molar-refractivity contribution in [1.29, 1.82) is 0 Å². The maximum atomic E-state index is 12.0. The normalized spacial score (nSPS) is 10.4. The number of halogens is 2. The van der Waals surface area contributed by atoms with Gasteiger partial charge in [0.1, 0.15) is 3.57 Å². The largest absolute Gasteiger partial charge is 0.476 e. The number of rotatable bonds is 2. The van der Waals surface area contributed by atoms with Gasteiger partial charge >= 0.3 is 5.97 Å². The maximum absolute atomic E-state index is 12.0. The Hall–Kier alpha value is -1.61. The molecule has 2 aromatic rings. The highest BCUT2D eigenvalue weighted by atomic mass is 127. The van der Waals surface area contributed by atoms with E-state index in [0.717, 1.165) is 4.68 Å². The van der Waals surface area contributed by atoms with Gasteiger partial charge in [-0.15, -0.1) is 0 Å². The summed E-state index contributed by atoms with van der Waals surface area (Å²) in [6.07, 6.45) is 0. The molecule has 0 saturated heterocycles. The molecule has 0 amide bonds. The van der Waals surface area contributed by atoms with Gasteiger partial charge in [0, 0.05) is 5.02 Å². The second kappa shape index (κ2) is 5.17. The monoisotopic (exact) mass is 391 g/mol. The summed E-state index contributed by atoms with van der Waals surface area (Å²) in [6, 6.07) is 6.28. The van der Waals surface area contributed by atoms with Gasteiger partial charge in [-0.05, 0) is 46.9 Å². The van der Waals surface area contributed by atoms with Crippen LogP contribution in [0.25, 0.3) is 5.69 Å². The van der Waals surface area contributed by atoms with E-state index in [1.165, 1.54) is 0 Å². The standard InChI is InChI=1S/C11H7ClIN3O3/c12-5-1-3-6(4-2-5)16-10(17)7(13)8(14)9(15-16)11(18)19/h1-4H,14H2,(H,18,19). The van der Waals surface area contributed by atoms with Gasteiger partial charge in [0.05, 0.1) is 11.4 Å². The first-order valence-electron chi connectivity index (χ1n) is 4.99. The molecule has 3 N–H and O–H groups in total. The summed E-state index contributed by atoms with van der Waals surface area (Å²) in [4.78, 5) is 23.1. The molecule has 0 saturated carbocycles. The van der Waals surface area contributed by atoms with Crippen LogP contribution in [0, 0.1) is 3.57 Å².